The molecular formula is C10H11ClN2O4S. The second-order valence-electron chi connectivity index (χ2n) is 4.02. The Bertz CT molecular complexity index is 465. The van der Waals surface area contributed by atoms with Crippen molar-refractivity contribution < 1.29 is 19.5 Å². The van der Waals surface area contributed by atoms with Crippen molar-refractivity contribution in [3.63, 3.8) is 0 Å². The van der Waals surface area contributed by atoms with E-state index in [1.54, 1.807) is 6.92 Å². The molecule has 2 amide bonds. The summed E-state index contributed by atoms with van der Waals surface area (Å²) in [6, 6.07) is -0.677. The van der Waals surface area contributed by atoms with Crippen LogP contribution in [0.5, 0.6) is 0 Å². The molecule has 98 valence electrons. The number of nitrogens with zero attached hydrogens (tertiary/aromatic N) is 1. The van der Waals surface area contributed by atoms with E-state index in [4.69, 9.17) is 16.7 Å². The molecule has 0 bridgehead atoms. The lowest BCUT2D eigenvalue weighted by Gasteiger charge is -2.49. The molecule has 0 spiro atoms. The van der Waals surface area contributed by atoms with Gasteiger partial charge in [-0.3, -0.25) is 14.5 Å². The van der Waals surface area contributed by atoms with Crippen LogP contribution in [0.2, 0.25) is 0 Å². The molecule has 0 saturated carbocycles. The minimum absolute atomic E-state index is 0.0279. The Morgan fingerprint density at radius 3 is 2.83 bits per heavy atom. The Hall–Kier alpha value is -1.21. The third kappa shape index (κ3) is 1.97. The molecule has 0 radical (unpaired) electrons. The minimum atomic E-state index is -1.12. The maximum atomic E-state index is 11.9. The van der Waals surface area contributed by atoms with E-state index in [1.807, 2.05) is 0 Å². The van der Waals surface area contributed by atoms with Crippen molar-refractivity contribution in [1.29, 1.82) is 0 Å². The summed E-state index contributed by atoms with van der Waals surface area (Å²) < 4.78 is 0. The molecule has 0 aromatic carbocycles. The number of carboxylic acid groups (broad SMARTS) is 1. The predicted octanol–water partition coefficient (Wildman–Crippen LogP) is -0.0163. The molecule has 2 aliphatic heterocycles. The highest BCUT2D eigenvalue weighted by molar-refractivity contribution is 8.00. The third-order valence-electron chi connectivity index (χ3n) is 2.80. The number of alkyl halides is 1. The van der Waals surface area contributed by atoms with Gasteiger partial charge in [0.2, 0.25) is 5.91 Å². The number of aliphatic carboxylic acids is 1. The van der Waals surface area contributed by atoms with Crippen molar-refractivity contribution in [2.75, 3.05) is 11.6 Å². The summed E-state index contributed by atoms with van der Waals surface area (Å²) >= 11 is 6.79. The van der Waals surface area contributed by atoms with Gasteiger partial charge in [0.15, 0.2) is 0 Å². The number of fused-ring (bicyclic) bond motifs is 1. The molecule has 0 aromatic heterocycles. The van der Waals surface area contributed by atoms with Gasteiger partial charge in [0.1, 0.15) is 23.0 Å². The number of nitrogens with one attached hydrogen (secondary N) is 1. The van der Waals surface area contributed by atoms with Crippen molar-refractivity contribution in [2.24, 2.45) is 0 Å². The number of rotatable bonds is 3. The Labute approximate surface area is 112 Å². The number of halogens is 1. The van der Waals surface area contributed by atoms with Gasteiger partial charge >= 0.3 is 5.97 Å². The number of thioether (sulfide) groups is 1. The fourth-order valence-electron chi connectivity index (χ4n) is 1.99. The van der Waals surface area contributed by atoms with Crippen molar-refractivity contribution in [1.82, 2.24) is 10.2 Å². The quantitative estimate of drug-likeness (QED) is 0.564. The molecule has 1 unspecified atom stereocenters. The molecule has 8 heteroatoms. The van der Waals surface area contributed by atoms with Gasteiger partial charge in [0.05, 0.1) is 0 Å². The van der Waals surface area contributed by atoms with Gasteiger partial charge in [-0.15, -0.1) is 23.4 Å². The number of carboxylic acids is 1. The number of hydrogen-bond acceptors (Lipinski definition) is 4. The molecule has 18 heavy (non-hydrogen) atoms. The summed E-state index contributed by atoms with van der Waals surface area (Å²) in [6.45, 7) is 1.69. The molecule has 2 N–H and O–H groups in total. The molecule has 2 heterocycles. The first-order valence-corrected chi connectivity index (χ1v) is 6.78. The van der Waals surface area contributed by atoms with Gasteiger partial charge in [0.25, 0.3) is 5.91 Å². The standard InChI is InChI=1S/C10H11ClN2O4S/c1-4-3-18-9-6(12-5(14)2-11)8(15)13(9)7(4)10(16)17/h6,9H,2-3H2,1H3,(H,12,14)(H,16,17)/t6?,9-/m1/s1. The summed E-state index contributed by atoms with van der Waals surface area (Å²) in [5, 5.41) is 11.2. The average Bonchev–Trinajstić information content (AvgIpc) is 2.34. The van der Waals surface area contributed by atoms with E-state index in [2.05, 4.69) is 5.32 Å². The smallest absolute Gasteiger partial charge is 0.352 e. The molecule has 0 aliphatic carbocycles. The van der Waals surface area contributed by atoms with Gasteiger partial charge in [-0.1, -0.05) is 0 Å². The summed E-state index contributed by atoms with van der Waals surface area (Å²) in [5.41, 5.74) is 0.680. The Morgan fingerprint density at radius 2 is 2.28 bits per heavy atom. The molecular weight excluding hydrogens is 280 g/mol. The van der Waals surface area contributed by atoms with E-state index >= 15 is 0 Å². The number of β-lactam (4-membered cyclic amide) rings is 1. The van der Waals surface area contributed by atoms with Crippen LogP contribution in [0.1, 0.15) is 6.92 Å². The van der Waals surface area contributed by atoms with Crippen molar-refractivity contribution in [2.45, 2.75) is 18.3 Å². The number of carbonyl (C=O) groups excluding carboxylic acids is 2. The fraction of sp³-hybridized carbons (Fsp3) is 0.500. The summed E-state index contributed by atoms with van der Waals surface area (Å²) in [5.74, 6) is -1.64. The van der Waals surface area contributed by atoms with Crippen LogP contribution < -0.4 is 5.32 Å². The second-order valence-corrected chi connectivity index (χ2v) is 5.39. The van der Waals surface area contributed by atoms with Crippen LogP contribution >= 0.6 is 23.4 Å². The minimum Gasteiger partial charge on any atom is -0.477 e. The SMILES string of the molecule is CC1=C(C(=O)O)N2C(=O)C(NC(=O)CCl)[C@H]2SC1. The van der Waals surface area contributed by atoms with E-state index in [1.165, 1.54) is 16.7 Å². The predicted molar refractivity (Wildman–Crippen MR) is 66.1 cm³/mol. The van der Waals surface area contributed by atoms with Gasteiger partial charge < -0.3 is 10.4 Å². The van der Waals surface area contributed by atoms with Gasteiger partial charge in [-0.25, -0.2) is 4.79 Å². The topological polar surface area (TPSA) is 86.7 Å². The Morgan fingerprint density at radius 1 is 1.61 bits per heavy atom. The van der Waals surface area contributed by atoms with Crippen LogP contribution in [0, 0.1) is 0 Å². The van der Waals surface area contributed by atoms with Crippen molar-refractivity contribution >= 4 is 41.1 Å². The lowest BCUT2D eigenvalue weighted by molar-refractivity contribution is -0.150. The van der Waals surface area contributed by atoms with Crippen LogP contribution in [-0.2, 0) is 14.4 Å². The molecule has 2 rings (SSSR count). The normalized spacial score (nSPS) is 26.6. The van der Waals surface area contributed by atoms with E-state index in [0.29, 0.717) is 11.3 Å². The zero-order valence-corrected chi connectivity index (χ0v) is 11.0. The molecule has 1 saturated heterocycles. The lowest BCUT2D eigenvalue weighted by atomic mass is 10.0. The Kier molecular flexibility index (Phi) is 3.54. The first-order valence-electron chi connectivity index (χ1n) is 5.20. The maximum Gasteiger partial charge on any atom is 0.352 e. The Balaban J connectivity index is 2.18. The van der Waals surface area contributed by atoms with Crippen molar-refractivity contribution in [3.05, 3.63) is 11.3 Å². The first kappa shape index (κ1) is 13.2. The summed E-state index contributed by atoms with van der Waals surface area (Å²) in [6.07, 6.45) is 0. The van der Waals surface area contributed by atoms with E-state index in [9.17, 15) is 14.4 Å². The van der Waals surface area contributed by atoms with Crippen LogP contribution in [0.4, 0.5) is 0 Å². The lowest BCUT2D eigenvalue weighted by Crippen LogP contribution is -2.70. The zero-order chi connectivity index (χ0) is 13.4. The largest absolute Gasteiger partial charge is 0.477 e. The summed E-state index contributed by atoms with van der Waals surface area (Å²) in [4.78, 5) is 35.4. The number of hydrogen-bond donors (Lipinski definition) is 2. The van der Waals surface area contributed by atoms with E-state index in [0.717, 1.165) is 0 Å². The van der Waals surface area contributed by atoms with E-state index in [-0.39, 0.29) is 17.0 Å². The van der Waals surface area contributed by atoms with Crippen molar-refractivity contribution in [3.8, 4) is 0 Å². The van der Waals surface area contributed by atoms with Gasteiger partial charge in [-0.05, 0) is 12.5 Å². The molecule has 2 atom stereocenters. The second kappa shape index (κ2) is 4.81. The van der Waals surface area contributed by atoms with Gasteiger partial charge in [0, 0.05) is 5.75 Å². The first-order chi connectivity index (χ1) is 8.47. The van der Waals surface area contributed by atoms with Crippen LogP contribution in [0.15, 0.2) is 11.3 Å². The molecule has 0 aromatic rings. The monoisotopic (exact) mass is 290 g/mol. The fourth-order valence-corrected chi connectivity index (χ4v) is 3.36. The highest BCUT2D eigenvalue weighted by Crippen LogP contribution is 2.39. The number of amides is 2. The van der Waals surface area contributed by atoms with Crippen LogP contribution in [0.3, 0.4) is 0 Å². The average molecular weight is 291 g/mol. The molecule has 2 aliphatic rings. The van der Waals surface area contributed by atoms with E-state index < -0.39 is 23.8 Å². The highest BCUT2D eigenvalue weighted by Gasteiger charge is 2.53. The summed E-state index contributed by atoms with van der Waals surface area (Å²) in [7, 11) is 0. The van der Waals surface area contributed by atoms with Gasteiger partial charge in [-0.2, -0.15) is 0 Å². The third-order valence-corrected chi connectivity index (χ3v) is 4.47. The molecule has 1 fully saturated rings. The molecule has 6 nitrogen and oxygen atoms in total. The van der Waals surface area contributed by atoms with Crippen LogP contribution in [-0.4, -0.2) is 50.8 Å². The highest BCUT2D eigenvalue weighted by atomic mass is 35.5. The zero-order valence-electron chi connectivity index (χ0n) is 9.47. The van der Waals surface area contributed by atoms with Crippen LogP contribution in [0.25, 0.3) is 0 Å². The number of carbonyl (C=O) groups is 3. The maximum absolute atomic E-state index is 11.9.